The summed E-state index contributed by atoms with van der Waals surface area (Å²) in [7, 11) is 0. The number of benzene rings is 1. The molecule has 5 nitrogen and oxygen atoms in total. The van der Waals surface area contributed by atoms with E-state index in [1.807, 2.05) is 6.07 Å². The maximum absolute atomic E-state index is 11.9. The zero-order chi connectivity index (χ0) is 12.3. The van der Waals surface area contributed by atoms with Gasteiger partial charge in [0.2, 0.25) is 5.72 Å². The van der Waals surface area contributed by atoms with Gasteiger partial charge in [-0.2, -0.15) is 0 Å². The first-order valence-electron chi connectivity index (χ1n) is 5.13. The maximum atomic E-state index is 11.9. The Morgan fingerprint density at radius 3 is 2.53 bits per heavy atom. The molecule has 88 valence electrons. The minimum Gasteiger partial charge on any atom is -0.339 e. The van der Waals surface area contributed by atoms with Crippen LogP contribution in [0.5, 0.6) is 0 Å². The van der Waals surface area contributed by atoms with Crippen LogP contribution in [0, 0.1) is 0 Å². The number of nitrogens with one attached hydrogen (secondary N) is 2. The van der Waals surface area contributed by atoms with Crippen LogP contribution in [0.2, 0.25) is 0 Å². The summed E-state index contributed by atoms with van der Waals surface area (Å²) < 4.78 is 5.45. The molecule has 1 heterocycles. The van der Waals surface area contributed by atoms with Crippen LogP contribution in [0.4, 0.5) is 4.79 Å². The lowest BCUT2D eigenvalue weighted by Gasteiger charge is -2.25. The Morgan fingerprint density at radius 2 is 2.00 bits per heavy atom. The van der Waals surface area contributed by atoms with Crippen LogP contribution >= 0.6 is 0 Å². The molecule has 1 aromatic carbocycles. The van der Waals surface area contributed by atoms with E-state index in [1.54, 1.807) is 24.3 Å². The second-order valence-corrected chi connectivity index (χ2v) is 3.56. The van der Waals surface area contributed by atoms with Crippen molar-refractivity contribution in [3.8, 4) is 0 Å². The van der Waals surface area contributed by atoms with Gasteiger partial charge in [0.1, 0.15) is 0 Å². The van der Waals surface area contributed by atoms with Gasteiger partial charge in [0.05, 0.1) is 6.61 Å². The molecule has 2 rings (SSSR count). The summed E-state index contributed by atoms with van der Waals surface area (Å²) in [5.41, 5.74) is -0.878. The SMILES string of the molecule is C=CCOC1(c2ccccc2)NC(=O)NC1=O. The molecule has 1 aliphatic rings. The molecular weight excluding hydrogens is 220 g/mol. The molecule has 3 amide bonds. The normalized spacial score (nSPS) is 23.1. The molecule has 0 spiro atoms. The van der Waals surface area contributed by atoms with Gasteiger partial charge in [-0.3, -0.25) is 15.4 Å². The highest BCUT2D eigenvalue weighted by molar-refractivity contribution is 6.06. The molecule has 17 heavy (non-hydrogen) atoms. The average Bonchev–Trinajstić information content (AvgIpc) is 2.64. The highest BCUT2D eigenvalue weighted by atomic mass is 16.5. The Morgan fingerprint density at radius 1 is 1.29 bits per heavy atom. The fourth-order valence-electron chi connectivity index (χ4n) is 1.68. The van der Waals surface area contributed by atoms with Crippen LogP contribution in [-0.4, -0.2) is 18.5 Å². The number of urea groups is 1. The Bertz CT molecular complexity index is 458. The summed E-state index contributed by atoms with van der Waals surface area (Å²) in [5.74, 6) is -0.518. The van der Waals surface area contributed by atoms with Gasteiger partial charge in [-0.15, -0.1) is 6.58 Å². The lowest BCUT2D eigenvalue weighted by Crippen LogP contribution is -2.46. The number of carbonyl (C=O) groups excluding carboxylic acids is 2. The van der Waals surface area contributed by atoms with Gasteiger partial charge in [-0.1, -0.05) is 36.4 Å². The monoisotopic (exact) mass is 232 g/mol. The molecular formula is C12H12N2O3. The number of hydrogen-bond acceptors (Lipinski definition) is 3. The zero-order valence-electron chi connectivity index (χ0n) is 9.10. The van der Waals surface area contributed by atoms with Crippen molar-refractivity contribution in [3.63, 3.8) is 0 Å². The quantitative estimate of drug-likeness (QED) is 0.598. The molecule has 5 heteroatoms. The molecule has 0 bridgehead atoms. The van der Waals surface area contributed by atoms with Gasteiger partial charge in [0.25, 0.3) is 5.91 Å². The van der Waals surface area contributed by atoms with Crippen LogP contribution in [0.25, 0.3) is 0 Å². The molecule has 1 atom stereocenters. The maximum Gasteiger partial charge on any atom is 0.324 e. The van der Waals surface area contributed by atoms with Crippen molar-refractivity contribution in [2.45, 2.75) is 5.72 Å². The van der Waals surface area contributed by atoms with Crippen LogP contribution in [-0.2, 0) is 15.3 Å². The van der Waals surface area contributed by atoms with Crippen molar-refractivity contribution in [2.24, 2.45) is 0 Å². The Labute approximate surface area is 98.5 Å². The average molecular weight is 232 g/mol. The predicted molar refractivity (Wildman–Crippen MR) is 60.9 cm³/mol. The number of carbonyl (C=O) groups is 2. The van der Waals surface area contributed by atoms with Crippen molar-refractivity contribution < 1.29 is 14.3 Å². The Balaban J connectivity index is 2.40. The van der Waals surface area contributed by atoms with E-state index in [1.165, 1.54) is 6.08 Å². The van der Waals surface area contributed by atoms with Gasteiger partial charge in [-0.25, -0.2) is 4.79 Å². The van der Waals surface area contributed by atoms with Crippen LogP contribution in [0.1, 0.15) is 5.56 Å². The standard InChI is InChI=1S/C12H12N2O3/c1-2-8-17-12(9-6-4-3-5-7-9)10(15)13-11(16)14-12/h2-7H,1,8H2,(H2,13,14,15,16). The van der Waals surface area contributed by atoms with E-state index < -0.39 is 17.7 Å². The van der Waals surface area contributed by atoms with Crippen LogP contribution in [0.15, 0.2) is 43.0 Å². The summed E-state index contributed by atoms with van der Waals surface area (Å²) in [4.78, 5) is 23.1. The van der Waals surface area contributed by atoms with E-state index in [0.29, 0.717) is 5.56 Å². The largest absolute Gasteiger partial charge is 0.339 e. The van der Waals surface area contributed by atoms with Gasteiger partial charge in [-0.05, 0) is 0 Å². The second-order valence-electron chi connectivity index (χ2n) is 3.56. The van der Waals surface area contributed by atoms with E-state index in [2.05, 4.69) is 17.2 Å². The van der Waals surface area contributed by atoms with Gasteiger partial charge in [0.15, 0.2) is 0 Å². The number of amides is 3. The molecule has 1 aliphatic heterocycles. The van der Waals surface area contributed by atoms with Gasteiger partial charge < -0.3 is 4.74 Å². The van der Waals surface area contributed by atoms with E-state index in [0.717, 1.165) is 0 Å². The van der Waals surface area contributed by atoms with Crippen molar-refractivity contribution >= 4 is 11.9 Å². The third-order valence-electron chi connectivity index (χ3n) is 2.43. The van der Waals surface area contributed by atoms with E-state index in [4.69, 9.17) is 4.74 Å². The van der Waals surface area contributed by atoms with Crippen molar-refractivity contribution in [3.05, 3.63) is 48.6 Å². The third kappa shape index (κ3) is 1.92. The molecule has 0 aromatic heterocycles. The minimum atomic E-state index is -1.45. The fraction of sp³-hybridized carbons (Fsp3) is 0.167. The third-order valence-corrected chi connectivity index (χ3v) is 2.43. The topological polar surface area (TPSA) is 67.4 Å². The molecule has 0 radical (unpaired) electrons. The second kappa shape index (κ2) is 4.39. The zero-order valence-corrected chi connectivity index (χ0v) is 9.10. The molecule has 2 N–H and O–H groups in total. The first-order chi connectivity index (χ1) is 8.19. The van der Waals surface area contributed by atoms with E-state index >= 15 is 0 Å². The van der Waals surface area contributed by atoms with Crippen molar-refractivity contribution in [2.75, 3.05) is 6.61 Å². The number of ether oxygens (including phenoxy) is 1. The van der Waals surface area contributed by atoms with Gasteiger partial charge >= 0.3 is 6.03 Å². The summed E-state index contributed by atoms with van der Waals surface area (Å²) in [5, 5.41) is 4.67. The lowest BCUT2D eigenvalue weighted by molar-refractivity contribution is -0.144. The molecule has 0 saturated carbocycles. The first kappa shape index (κ1) is 11.3. The predicted octanol–water partition coefficient (Wildman–Crippen LogP) is 0.881. The fourth-order valence-corrected chi connectivity index (χ4v) is 1.68. The van der Waals surface area contributed by atoms with E-state index in [9.17, 15) is 9.59 Å². The summed E-state index contributed by atoms with van der Waals surface area (Å²) in [6, 6.07) is 8.23. The Hall–Kier alpha value is -2.14. The molecule has 1 aromatic rings. The number of imide groups is 1. The smallest absolute Gasteiger partial charge is 0.324 e. The summed E-state index contributed by atoms with van der Waals surface area (Å²) in [6.45, 7) is 3.68. The Kier molecular flexibility index (Phi) is 2.93. The molecule has 1 saturated heterocycles. The lowest BCUT2D eigenvalue weighted by atomic mass is 10.0. The van der Waals surface area contributed by atoms with E-state index in [-0.39, 0.29) is 6.61 Å². The number of rotatable bonds is 4. The van der Waals surface area contributed by atoms with Crippen molar-refractivity contribution in [1.29, 1.82) is 0 Å². The molecule has 1 unspecified atom stereocenters. The number of hydrogen-bond donors (Lipinski definition) is 2. The minimum absolute atomic E-state index is 0.155. The molecule has 1 fully saturated rings. The van der Waals surface area contributed by atoms with Gasteiger partial charge in [0, 0.05) is 5.56 Å². The van der Waals surface area contributed by atoms with Crippen molar-refractivity contribution in [1.82, 2.24) is 10.6 Å². The first-order valence-corrected chi connectivity index (χ1v) is 5.13. The summed E-state index contributed by atoms with van der Waals surface area (Å²) in [6.07, 6.45) is 1.52. The highest BCUT2D eigenvalue weighted by Gasteiger charge is 2.48. The van der Waals surface area contributed by atoms with Crippen LogP contribution in [0.3, 0.4) is 0 Å². The highest BCUT2D eigenvalue weighted by Crippen LogP contribution is 2.26. The molecule has 0 aliphatic carbocycles. The summed E-state index contributed by atoms with van der Waals surface area (Å²) >= 11 is 0. The van der Waals surface area contributed by atoms with Crippen LogP contribution < -0.4 is 10.6 Å².